The van der Waals surface area contributed by atoms with Crippen LogP contribution in [0.2, 0.25) is 5.02 Å². The van der Waals surface area contributed by atoms with Crippen LogP contribution in [0.25, 0.3) is 0 Å². The first-order chi connectivity index (χ1) is 10.5. The van der Waals surface area contributed by atoms with Crippen molar-refractivity contribution in [2.45, 2.75) is 39.3 Å². The summed E-state index contributed by atoms with van der Waals surface area (Å²) in [5.41, 5.74) is 1.61. The smallest absolute Gasteiger partial charge is 0.255 e. The van der Waals surface area contributed by atoms with Crippen molar-refractivity contribution in [1.29, 1.82) is 0 Å². The maximum Gasteiger partial charge on any atom is 0.255 e. The second-order valence-corrected chi connectivity index (χ2v) is 6.29. The molecule has 5 heteroatoms. The van der Waals surface area contributed by atoms with Crippen LogP contribution in [0.4, 0.5) is 0 Å². The number of amides is 1. The standard InChI is InChI=1S/C17H25ClN2O2/c1-4-19(3)12-22-16-7-5-6-10-20(16)17(21)14-8-9-15(18)13(2)11-14/h8-9,11,16H,4-7,10,12H2,1-3H3/t16-/m0/s1. The number of hydrogen-bond acceptors (Lipinski definition) is 3. The van der Waals surface area contributed by atoms with Crippen LogP contribution in [0.5, 0.6) is 0 Å². The number of aryl methyl sites for hydroxylation is 1. The van der Waals surface area contributed by atoms with Crippen molar-refractivity contribution >= 4 is 17.5 Å². The third kappa shape index (κ3) is 4.22. The Bertz CT molecular complexity index is 521. The number of carbonyl (C=O) groups excluding carboxylic acids is 1. The molecule has 2 rings (SSSR count). The van der Waals surface area contributed by atoms with Gasteiger partial charge in [0.05, 0.1) is 0 Å². The van der Waals surface area contributed by atoms with E-state index in [1.165, 1.54) is 0 Å². The van der Waals surface area contributed by atoms with Crippen molar-refractivity contribution in [1.82, 2.24) is 9.80 Å². The first kappa shape index (κ1) is 17.3. The lowest BCUT2D eigenvalue weighted by Crippen LogP contribution is -2.46. The number of likely N-dealkylation sites (tertiary alicyclic amines) is 1. The molecule has 0 bridgehead atoms. The van der Waals surface area contributed by atoms with E-state index >= 15 is 0 Å². The summed E-state index contributed by atoms with van der Waals surface area (Å²) in [6, 6.07) is 5.44. The van der Waals surface area contributed by atoms with Crippen LogP contribution in [-0.2, 0) is 4.74 Å². The molecule has 1 heterocycles. The molecule has 0 saturated carbocycles. The number of carbonyl (C=O) groups is 1. The first-order valence-electron chi connectivity index (χ1n) is 7.90. The van der Waals surface area contributed by atoms with Crippen molar-refractivity contribution < 1.29 is 9.53 Å². The maximum absolute atomic E-state index is 12.8. The molecule has 0 radical (unpaired) electrons. The first-order valence-corrected chi connectivity index (χ1v) is 8.28. The lowest BCUT2D eigenvalue weighted by Gasteiger charge is -2.36. The maximum atomic E-state index is 12.8. The number of halogens is 1. The average molecular weight is 325 g/mol. The predicted molar refractivity (Wildman–Crippen MR) is 89.1 cm³/mol. The summed E-state index contributed by atoms with van der Waals surface area (Å²) in [7, 11) is 2.01. The lowest BCUT2D eigenvalue weighted by molar-refractivity contribution is -0.0943. The van der Waals surface area contributed by atoms with E-state index in [0.29, 0.717) is 17.3 Å². The van der Waals surface area contributed by atoms with Gasteiger partial charge >= 0.3 is 0 Å². The molecule has 1 aromatic rings. The van der Waals surface area contributed by atoms with Gasteiger partial charge in [0.25, 0.3) is 5.91 Å². The number of hydrogen-bond donors (Lipinski definition) is 0. The summed E-state index contributed by atoms with van der Waals surface area (Å²) in [5, 5.41) is 0.688. The minimum atomic E-state index is -0.133. The fourth-order valence-electron chi connectivity index (χ4n) is 2.55. The highest BCUT2D eigenvalue weighted by Gasteiger charge is 2.28. The quantitative estimate of drug-likeness (QED) is 0.777. The molecule has 0 aliphatic carbocycles. The Morgan fingerprint density at radius 1 is 1.45 bits per heavy atom. The van der Waals surface area contributed by atoms with Gasteiger partial charge in [-0.15, -0.1) is 0 Å². The second-order valence-electron chi connectivity index (χ2n) is 5.88. The van der Waals surface area contributed by atoms with Crippen molar-refractivity contribution in [2.75, 3.05) is 26.9 Å². The molecule has 1 aliphatic rings. The van der Waals surface area contributed by atoms with Crippen LogP contribution in [0.3, 0.4) is 0 Å². The van der Waals surface area contributed by atoms with Crippen LogP contribution in [0.1, 0.15) is 42.1 Å². The van der Waals surface area contributed by atoms with Gasteiger partial charge in [-0.05, 0) is 63.5 Å². The van der Waals surface area contributed by atoms with Gasteiger partial charge in [-0.1, -0.05) is 18.5 Å². The molecule has 0 unspecified atom stereocenters. The van der Waals surface area contributed by atoms with E-state index in [-0.39, 0.29) is 12.1 Å². The minimum absolute atomic E-state index is 0.0311. The summed E-state index contributed by atoms with van der Waals surface area (Å²) >= 11 is 6.05. The normalized spacial score (nSPS) is 18.8. The number of nitrogens with zero attached hydrogens (tertiary/aromatic N) is 2. The Hall–Kier alpha value is -1.10. The molecule has 22 heavy (non-hydrogen) atoms. The fraction of sp³-hybridized carbons (Fsp3) is 0.588. The van der Waals surface area contributed by atoms with E-state index in [0.717, 1.165) is 37.9 Å². The zero-order valence-corrected chi connectivity index (χ0v) is 14.4. The average Bonchev–Trinajstić information content (AvgIpc) is 2.54. The molecule has 1 fully saturated rings. The molecule has 1 amide bonds. The Kier molecular flexibility index (Phi) is 6.24. The molecule has 4 nitrogen and oxygen atoms in total. The van der Waals surface area contributed by atoms with E-state index in [1.54, 1.807) is 12.1 Å². The molecule has 0 N–H and O–H groups in total. The van der Waals surface area contributed by atoms with Gasteiger partial charge in [0, 0.05) is 17.1 Å². The topological polar surface area (TPSA) is 32.8 Å². The van der Waals surface area contributed by atoms with E-state index in [2.05, 4.69) is 11.8 Å². The molecule has 1 saturated heterocycles. The van der Waals surface area contributed by atoms with E-state index < -0.39 is 0 Å². The predicted octanol–water partition coefficient (Wildman–Crippen LogP) is 3.53. The van der Waals surface area contributed by atoms with Gasteiger partial charge in [-0.2, -0.15) is 0 Å². The van der Waals surface area contributed by atoms with E-state index in [9.17, 15) is 4.79 Å². The van der Waals surface area contributed by atoms with Crippen molar-refractivity contribution in [3.63, 3.8) is 0 Å². The van der Waals surface area contributed by atoms with Crippen molar-refractivity contribution in [3.05, 3.63) is 34.3 Å². The van der Waals surface area contributed by atoms with Crippen molar-refractivity contribution in [3.8, 4) is 0 Å². The Labute approximate surface area is 138 Å². The largest absolute Gasteiger partial charge is 0.343 e. The van der Waals surface area contributed by atoms with Gasteiger partial charge in [0.1, 0.15) is 13.0 Å². The van der Waals surface area contributed by atoms with Gasteiger partial charge in [0.15, 0.2) is 0 Å². The highest BCUT2D eigenvalue weighted by atomic mass is 35.5. The fourth-order valence-corrected chi connectivity index (χ4v) is 2.67. The summed E-state index contributed by atoms with van der Waals surface area (Å²) in [4.78, 5) is 16.7. The summed E-state index contributed by atoms with van der Waals surface area (Å²) in [6.45, 7) is 6.23. The van der Waals surface area contributed by atoms with Gasteiger partial charge in [0.2, 0.25) is 0 Å². The van der Waals surface area contributed by atoms with Crippen LogP contribution in [0.15, 0.2) is 18.2 Å². The molecular formula is C17H25ClN2O2. The summed E-state index contributed by atoms with van der Waals surface area (Å²) in [5.74, 6) is 0.0311. The SMILES string of the molecule is CCN(C)CO[C@H]1CCCCN1C(=O)c1ccc(Cl)c(C)c1. The molecule has 0 spiro atoms. The summed E-state index contributed by atoms with van der Waals surface area (Å²) < 4.78 is 5.95. The van der Waals surface area contributed by atoms with Crippen LogP contribution in [0, 0.1) is 6.92 Å². The second kappa shape index (κ2) is 7.95. The Balaban J connectivity index is 2.08. The molecule has 0 aromatic heterocycles. The van der Waals surface area contributed by atoms with Crippen LogP contribution >= 0.6 is 11.6 Å². The molecular weight excluding hydrogens is 300 g/mol. The molecule has 1 aromatic carbocycles. The highest BCUT2D eigenvalue weighted by molar-refractivity contribution is 6.31. The van der Waals surface area contributed by atoms with Gasteiger partial charge < -0.3 is 9.64 Å². The lowest BCUT2D eigenvalue weighted by atomic mass is 10.1. The highest BCUT2D eigenvalue weighted by Crippen LogP contribution is 2.23. The monoisotopic (exact) mass is 324 g/mol. The van der Waals surface area contributed by atoms with Crippen LogP contribution in [-0.4, -0.2) is 48.8 Å². The third-order valence-corrected chi connectivity index (χ3v) is 4.56. The number of rotatable bonds is 5. The molecule has 1 atom stereocenters. The van der Waals surface area contributed by atoms with E-state index in [1.807, 2.05) is 24.9 Å². The summed E-state index contributed by atoms with van der Waals surface area (Å²) in [6.07, 6.45) is 2.90. The Morgan fingerprint density at radius 2 is 2.23 bits per heavy atom. The zero-order valence-electron chi connectivity index (χ0n) is 13.6. The minimum Gasteiger partial charge on any atom is -0.343 e. The third-order valence-electron chi connectivity index (χ3n) is 4.14. The number of ether oxygens (including phenoxy) is 1. The van der Waals surface area contributed by atoms with Crippen LogP contribution < -0.4 is 0 Å². The zero-order chi connectivity index (χ0) is 16.1. The van der Waals surface area contributed by atoms with E-state index in [4.69, 9.17) is 16.3 Å². The van der Waals surface area contributed by atoms with Crippen molar-refractivity contribution in [2.24, 2.45) is 0 Å². The molecule has 122 valence electrons. The van der Waals surface area contributed by atoms with Gasteiger partial charge in [-0.25, -0.2) is 0 Å². The number of piperidine rings is 1. The Morgan fingerprint density at radius 3 is 2.91 bits per heavy atom. The molecule has 1 aliphatic heterocycles. The van der Waals surface area contributed by atoms with Gasteiger partial charge in [-0.3, -0.25) is 9.69 Å². The number of benzene rings is 1.